The van der Waals surface area contributed by atoms with Gasteiger partial charge in [-0.05, 0) is 12.1 Å². The maximum absolute atomic E-state index is 11.7. The minimum atomic E-state index is -0.525. The molecule has 3 N–H and O–H groups in total. The summed E-state index contributed by atoms with van der Waals surface area (Å²) in [4.78, 5) is 11.7. The van der Waals surface area contributed by atoms with Crippen LogP contribution in [-0.2, 0) is 0 Å². The largest absolute Gasteiger partial charge is 0.508 e. The van der Waals surface area contributed by atoms with Gasteiger partial charge >= 0.3 is 0 Å². The number of rotatable bonds is 2. The fourth-order valence-corrected chi connectivity index (χ4v) is 2.42. The van der Waals surface area contributed by atoms with Crippen LogP contribution < -0.4 is 10.5 Å². The minimum Gasteiger partial charge on any atom is -0.508 e. The van der Waals surface area contributed by atoms with Crippen LogP contribution in [0.3, 0.4) is 0 Å². The topological polar surface area (TPSA) is 77.0 Å². The molecule has 5 heteroatoms. The first-order valence-corrected chi connectivity index (χ1v) is 5.73. The maximum atomic E-state index is 11.7. The fraction of sp³-hybridized carbons (Fsp3) is 0.0714. The molecule has 0 atom stereocenters. The Labute approximate surface area is 108 Å². The van der Waals surface area contributed by atoms with Crippen molar-refractivity contribution < 1.29 is 14.6 Å². The van der Waals surface area contributed by atoms with Gasteiger partial charge < -0.3 is 20.0 Å². The first-order valence-electron chi connectivity index (χ1n) is 5.73. The van der Waals surface area contributed by atoms with Crippen molar-refractivity contribution in [3.05, 3.63) is 42.1 Å². The predicted octanol–water partition coefficient (Wildman–Crippen LogP) is 1.91. The molecule has 2 aromatic heterocycles. The van der Waals surface area contributed by atoms with Crippen LogP contribution in [0.2, 0.25) is 0 Å². The molecule has 0 aliphatic carbocycles. The molecule has 0 radical (unpaired) electrons. The smallest absolute Gasteiger partial charge is 0.251 e. The summed E-state index contributed by atoms with van der Waals surface area (Å²) in [5.41, 5.74) is 7.25. The normalized spacial score (nSPS) is 11.0. The molecule has 0 spiro atoms. The Morgan fingerprint density at radius 1 is 1.32 bits per heavy atom. The van der Waals surface area contributed by atoms with Crippen molar-refractivity contribution >= 4 is 22.3 Å². The lowest BCUT2D eigenvalue weighted by Crippen LogP contribution is -2.11. The molecule has 0 fully saturated rings. The van der Waals surface area contributed by atoms with Crippen molar-refractivity contribution in [2.24, 2.45) is 5.73 Å². The molecular weight excluding hydrogens is 244 g/mol. The number of nitrogens with zero attached hydrogens (tertiary/aromatic N) is 1. The highest BCUT2D eigenvalue weighted by atomic mass is 16.5. The standard InChI is InChI=1S/C14H12N2O3/c1-19-11-7-8(17)6-10-12(11)13(14(15)18)9-4-2-3-5-16(9)10/h2-7,17H,1H3,(H2,15,18). The van der Waals surface area contributed by atoms with Gasteiger partial charge in [-0.25, -0.2) is 0 Å². The number of phenols is 1. The quantitative estimate of drug-likeness (QED) is 0.735. The van der Waals surface area contributed by atoms with Gasteiger partial charge in [0.25, 0.3) is 5.91 Å². The molecule has 1 aromatic carbocycles. The number of aromatic hydroxyl groups is 1. The minimum absolute atomic E-state index is 0.0728. The van der Waals surface area contributed by atoms with Crippen molar-refractivity contribution in [3.63, 3.8) is 0 Å². The zero-order valence-corrected chi connectivity index (χ0v) is 10.3. The van der Waals surface area contributed by atoms with E-state index in [1.807, 2.05) is 18.3 Å². The van der Waals surface area contributed by atoms with E-state index in [1.54, 1.807) is 16.5 Å². The Morgan fingerprint density at radius 3 is 2.79 bits per heavy atom. The molecule has 0 aliphatic heterocycles. The predicted molar refractivity (Wildman–Crippen MR) is 71.6 cm³/mol. The number of aromatic nitrogens is 1. The summed E-state index contributed by atoms with van der Waals surface area (Å²) in [7, 11) is 1.49. The third-order valence-corrected chi connectivity index (χ3v) is 3.16. The Hall–Kier alpha value is -2.69. The zero-order valence-electron chi connectivity index (χ0n) is 10.3. The Morgan fingerprint density at radius 2 is 2.11 bits per heavy atom. The van der Waals surface area contributed by atoms with Crippen LogP contribution in [0, 0.1) is 0 Å². The number of primary amides is 1. The van der Waals surface area contributed by atoms with Crippen LogP contribution in [0.15, 0.2) is 36.5 Å². The molecule has 0 saturated heterocycles. The van der Waals surface area contributed by atoms with E-state index in [2.05, 4.69) is 0 Å². The van der Waals surface area contributed by atoms with E-state index >= 15 is 0 Å². The van der Waals surface area contributed by atoms with Crippen LogP contribution in [0.25, 0.3) is 16.4 Å². The van der Waals surface area contributed by atoms with Gasteiger partial charge in [-0.1, -0.05) is 6.07 Å². The van der Waals surface area contributed by atoms with E-state index < -0.39 is 5.91 Å². The molecule has 96 valence electrons. The number of hydrogen-bond donors (Lipinski definition) is 2. The summed E-state index contributed by atoms with van der Waals surface area (Å²) < 4.78 is 7.05. The van der Waals surface area contributed by atoms with Crippen LogP contribution in [0.1, 0.15) is 10.4 Å². The van der Waals surface area contributed by atoms with Gasteiger partial charge in [0.1, 0.15) is 11.5 Å². The van der Waals surface area contributed by atoms with Crippen LogP contribution in [0.5, 0.6) is 11.5 Å². The van der Waals surface area contributed by atoms with Gasteiger partial charge in [-0.15, -0.1) is 0 Å². The zero-order chi connectivity index (χ0) is 13.6. The van der Waals surface area contributed by atoms with E-state index in [4.69, 9.17) is 10.5 Å². The Balaban J connectivity index is 2.64. The van der Waals surface area contributed by atoms with E-state index in [0.29, 0.717) is 27.7 Å². The number of nitrogens with two attached hydrogens (primary N) is 1. The summed E-state index contributed by atoms with van der Waals surface area (Å²) in [6.07, 6.45) is 1.81. The number of phenolic OH excluding ortho intramolecular Hbond substituents is 1. The highest BCUT2D eigenvalue weighted by Gasteiger charge is 2.20. The number of hydrogen-bond acceptors (Lipinski definition) is 3. The monoisotopic (exact) mass is 256 g/mol. The molecule has 2 heterocycles. The maximum Gasteiger partial charge on any atom is 0.251 e. The molecule has 19 heavy (non-hydrogen) atoms. The number of carbonyl (C=O) groups is 1. The molecule has 0 bridgehead atoms. The van der Waals surface area contributed by atoms with Crippen molar-refractivity contribution in [1.29, 1.82) is 0 Å². The number of methoxy groups -OCH3 is 1. The highest BCUT2D eigenvalue weighted by molar-refractivity contribution is 6.15. The lowest BCUT2D eigenvalue weighted by molar-refractivity contribution is 0.100. The first kappa shape index (κ1) is 11.4. The second-order valence-corrected chi connectivity index (χ2v) is 4.24. The molecule has 0 saturated carbocycles. The molecule has 0 unspecified atom stereocenters. The van der Waals surface area contributed by atoms with Crippen LogP contribution in [-0.4, -0.2) is 22.5 Å². The number of ether oxygens (including phenoxy) is 1. The van der Waals surface area contributed by atoms with E-state index in [1.165, 1.54) is 13.2 Å². The highest BCUT2D eigenvalue weighted by Crippen LogP contribution is 2.36. The molecule has 5 nitrogen and oxygen atoms in total. The Kier molecular flexibility index (Phi) is 2.35. The molecule has 3 rings (SSSR count). The van der Waals surface area contributed by atoms with Crippen molar-refractivity contribution in [2.45, 2.75) is 0 Å². The SMILES string of the molecule is COc1cc(O)cc2c1c(C(N)=O)c1ccccn12. The summed E-state index contributed by atoms with van der Waals surface area (Å²) >= 11 is 0. The average Bonchev–Trinajstić information content (AvgIpc) is 2.72. The number of pyridine rings is 1. The van der Waals surface area contributed by atoms with E-state index in [9.17, 15) is 9.90 Å². The van der Waals surface area contributed by atoms with Crippen molar-refractivity contribution in [1.82, 2.24) is 4.40 Å². The lowest BCUT2D eigenvalue weighted by atomic mass is 10.1. The van der Waals surface area contributed by atoms with Crippen molar-refractivity contribution in [3.8, 4) is 11.5 Å². The third kappa shape index (κ3) is 1.52. The van der Waals surface area contributed by atoms with Gasteiger partial charge in [0, 0.05) is 18.3 Å². The lowest BCUT2D eigenvalue weighted by Gasteiger charge is -2.04. The molecule has 1 amide bonds. The van der Waals surface area contributed by atoms with Gasteiger partial charge in [0.05, 0.1) is 29.1 Å². The van der Waals surface area contributed by atoms with Crippen LogP contribution >= 0.6 is 0 Å². The van der Waals surface area contributed by atoms with E-state index in [0.717, 1.165) is 0 Å². The number of amides is 1. The second-order valence-electron chi connectivity index (χ2n) is 4.24. The summed E-state index contributed by atoms with van der Waals surface area (Å²) in [5.74, 6) is -0.0289. The van der Waals surface area contributed by atoms with Gasteiger partial charge in [-0.2, -0.15) is 0 Å². The summed E-state index contributed by atoms with van der Waals surface area (Å²) in [5, 5.41) is 10.4. The number of carbonyl (C=O) groups excluding carboxylic acids is 1. The molecular formula is C14H12N2O3. The average molecular weight is 256 g/mol. The number of fused-ring (bicyclic) bond motifs is 3. The fourth-order valence-electron chi connectivity index (χ4n) is 2.42. The van der Waals surface area contributed by atoms with Gasteiger partial charge in [-0.3, -0.25) is 4.79 Å². The number of benzene rings is 1. The first-order chi connectivity index (χ1) is 9.13. The molecule has 0 aliphatic rings. The van der Waals surface area contributed by atoms with Crippen molar-refractivity contribution in [2.75, 3.05) is 7.11 Å². The molecule has 3 aromatic rings. The summed E-state index contributed by atoms with van der Waals surface area (Å²) in [6.45, 7) is 0. The van der Waals surface area contributed by atoms with E-state index in [-0.39, 0.29) is 5.75 Å². The Bertz CT molecular complexity index is 805. The summed E-state index contributed by atoms with van der Waals surface area (Å²) in [6, 6.07) is 8.52. The second kappa shape index (κ2) is 3.91. The third-order valence-electron chi connectivity index (χ3n) is 3.16. The van der Waals surface area contributed by atoms with Gasteiger partial charge in [0.15, 0.2) is 0 Å². The van der Waals surface area contributed by atoms with Gasteiger partial charge in [0.2, 0.25) is 0 Å². The van der Waals surface area contributed by atoms with Crippen LogP contribution in [0.4, 0.5) is 0 Å².